The second-order valence-electron chi connectivity index (χ2n) is 5.08. The van der Waals surface area contributed by atoms with E-state index >= 15 is 0 Å². The van der Waals surface area contributed by atoms with Crippen molar-refractivity contribution in [3.63, 3.8) is 0 Å². The van der Waals surface area contributed by atoms with E-state index in [1.807, 2.05) is 37.1 Å². The van der Waals surface area contributed by atoms with Gasteiger partial charge in [0, 0.05) is 18.0 Å². The Balaban J connectivity index is 1.74. The fraction of sp³-hybridized carbons (Fsp3) is 0.500. The minimum atomic E-state index is 0.409. The van der Waals surface area contributed by atoms with Crippen molar-refractivity contribution in [2.24, 2.45) is 0 Å². The van der Waals surface area contributed by atoms with Gasteiger partial charge in [0.05, 0.1) is 17.1 Å². The van der Waals surface area contributed by atoms with E-state index in [1.54, 1.807) is 0 Å². The van der Waals surface area contributed by atoms with Crippen molar-refractivity contribution in [1.82, 2.24) is 9.97 Å². The smallest absolute Gasteiger partial charge is 0.166 e. The zero-order valence-electron chi connectivity index (χ0n) is 11.1. The molecule has 1 aromatic carbocycles. The number of hydrogen-bond acceptors (Lipinski definition) is 4. The highest BCUT2D eigenvalue weighted by molar-refractivity contribution is 7.99. The van der Waals surface area contributed by atoms with Gasteiger partial charge in [0.25, 0.3) is 0 Å². The maximum absolute atomic E-state index is 5.78. The molecule has 19 heavy (non-hydrogen) atoms. The van der Waals surface area contributed by atoms with Crippen LogP contribution in [0.25, 0.3) is 11.0 Å². The van der Waals surface area contributed by atoms with Gasteiger partial charge in [-0.3, -0.25) is 0 Å². The van der Waals surface area contributed by atoms with Crippen LogP contribution in [0.5, 0.6) is 0 Å². The maximum Gasteiger partial charge on any atom is 0.166 e. The van der Waals surface area contributed by atoms with Gasteiger partial charge < -0.3 is 15.5 Å². The molecular weight excluding hydrogens is 258 g/mol. The molecule has 2 aromatic rings. The second-order valence-corrected chi connectivity index (χ2v) is 6.37. The molecule has 2 atom stereocenters. The number of nitrogens with zero attached hydrogens (tertiary/aromatic N) is 1. The molecular formula is C14H19N3OS. The zero-order valence-corrected chi connectivity index (χ0v) is 11.9. The van der Waals surface area contributed by atoms with Crippen LogP contribution >= 0.6 is 11.8 Å². The normalized spacial score (nSPS) is 23.8. The molecule has 4 nitrogen and oxygen atoms in total. The van der Waals surface area contributed by atoms with Gasteiger partial charge in [0.15, 0.2) is 5.16 Å². The lowest BCUT2D eigenvalue weighted by Gasteiger charge is -2.26. The lowest BCUT2D eigenvalue weighted by molar-refractivity contribution is 0.0730. The molecule has 1 fully saturated rings. The quantitative estimate of drug-likeness (QED) is 0.846. The van der Waals surface area contributed by atoms with Gasteiger partial charge in [0.2, 0.25) is 0 Å². The van der Waals surface area contributed by atoms with Gasteiger partial charge in [-0.15, -0.1) is 0 Å². The maximum atomic E-state index is 5.78. The molecule has 0 aliphatic heterocycles. The van der Waals surface area contributed by atoms with Crippen LogP contribution in [0.3, 0.4) is 0 Å². The molecule has 0 saturated heterocycles. The number of aromatic nitrogens is 2. The van der Waals surface area contributed by atoms with Gasteiger partial charge in [-0.1, -0.05) is 11.8 Å². The number of methoxy groups -OCH3 is 1. The molecule has 102 valence electrons. The Morgan fingerprint density at radius 2 is 2.32 bits per heavy atom. The monoisotopic (exact) mass is 277 g/mol. The molecule has 0 spiro atoms. The molecule has 1 aliphatic rings. The van der Waals surface area contributed by atoms with Crippen molar-refractivity contribution >= 4 is 28.5 Å². The predicted molar refractivity (Wildman–Crippen MR) is 79.4 cm³/mol. The number of aromatic amines is 1. The number of thioether (sulfide) groups is 1. The third-order valence-corrected chi connectivity index (χ3v) is 4.85. The summed E-state index contributed by atoms with van der Waals surface area (Å²) in [6.07, 6.45) is 5.18. The first-order valence-corrected chi connectivity index (χ1v) is 7.57. The number of imidazole rings is 1. The molecule has 2 unspecified atom stereocenters. The van der Waals surface area contributed by atoms with Crippen molar-refractivity contribution in [1.29, 1.82) is 0 Å². The average Bonchev–Trinajstić information content (AvgIpc) is 2.80. The Kier molecular flexibility index (Phi) is 3.66. The summed E-state index contributed by atoms with van der Waals surface area (Å²) in [5.74, 6) is 0. The summed E-state index contributed by atoms with van der Waals surface area (Å²) in [5.41, 5.74) is 8.55. The summed E-state index contributed by atoms with van der Waals surface area (Å²) in [4.78, 5) is 7.96. The number of nitrogens with two attached hydrogens (primary N) is 1. The van der Waals surface area contributed by atoms with Gasteiger partial charge in [-0.25, -0.2) is 4.98 Å². The van der Waals surface area contributed by atoms with Gasteiger partial charge in [-0.2, -0.15) is 0 Å². The highest BCUT2D eigenvalue weighted by Crippen LogP contribution is 2.34. The standard InChI is InChI=1S/C14H19N3OS/c1-18-10-3-2-4-11(8-10)19-14-16-12-6-5-9(15)7-13(12)17-14/h5-7,10-11H,2-4,8,15H2,1H3,(H,16,17). The number of rotatable bonds is 3. The van der Waals surface area contributed by atoms with Gasteiger partial charge >= 0.3 is 0 Å². The Labute approximate surface area is 117 Å². The van der Waals surface area contributed by atoms with Gasteiger partial charge in [0.1, 0.15) is 0 Å². The van der Waals surface area contributed by atoms with E-state index in [1.165, 1.54) is 19.3 Å². The van der Waals surface area contributed by atoms with E-state index in [4.69, 9.17) is 10.5 Å². The molecule has 1 heterocycles. The summed E-state index contributed by atoms with van der Waals surface area (Å²) in [7, 11) is 1.81. The van der Waals surface area contributed by atoms with Crippen LogP contribution in [0.2, 0.25) is 0 Å². The molecule has 5 heteroatoms. The summed E-state index contributed by atoms with van der Waals surface area (Å²) in [6.45, 7) is 0. The van der Waals surface area contributed by atoms with Crippen molar-refractivity contribution in [2.45, 2.75) is 42.2 Å². The number of benzene rings is 1. The third kappa shape index (κ3) is 2.87. The first-order valence-electron chi connectivity index (χ1n) is 6.69. The zero-order chi connectivity index (χ0) is 13.2. The fourth-order valence-corrected chi connectivity index (χ4v) is 3.87. The van der Waals surface area contributed by atoms with Gasteiger partial charge in [-0.05, 0) is 43.9 Å². The van der Waals surface area contributed by atoms with E-state index < -0.39 is 0 Å². The number of fused-ring (bicyclic) bond motifs is 1. The van der Waals surface area contributed by atoms with Crippen LogP contribution < -0.4 is 5.73 Å². The van der Waals surface area contributed by atoms with Crippen molar-refractivity contribution < 1.29 is 4.74 Å². The summed E-state index contributed by atoms with van der Waals surface area (Å²) in [5, 5.41) is 1.58. The average molecular weight is 277 g/mol. The number of H-pyrrole nitrogens is 1. The Bertz CT molecular complexity index is 569. The Morgan fingerprint density at radius 3 is 3.16 bits per heavy atom. The number of anilines is 1. The first-order chi connectivity index (χ1) is 9.24. The molecule has 1 aromatic heterocycles. The summed E-state index contributed by atoms with van der Waals surface area (Å²) in [6, 6.07) is 5.79. The van der Waals surface area contributed by atoms with Crippen molar-refractivity contribution in [3.8, 4) is 0 Å². The summed E-state index contributed by atoms with van der Waals surface area (Å²) >= 11 is 1.83. The fourth-order valence-electron chi connectivity index (χ4n) is 2.64. The van der Waals surface area contributed by atoms with E-state index in [0.717, 1.165) is 28.3 Å². The molecule has 1 aliphatic carbocycles. The van der Waals surface area contributed by atoms with Crippen LogP contribution in [-0.2, 0) is 4.74 Å². The van der Waals surface area contributed by atoms with Crippen LogP contribution in [-0.4, -0.2) is 28.4 Å². The molecule has 3 rings (SSSR count). The molecule has 0 bridgehead atoms. The lowest BCUT2D eigenvalue weighted by atomic mass is 9.97. The SMILES string of the molecule is COC1CCCC(Sc2nc3ccc(N)cc3[nH]2)C1. The number of ether oxygens (including phenoxy) is 1. The highest BCUT2D eigenvalue weighted by atomic mass is 32.2. The predicted octanol–water partition coefficient (Wildman–Crippen LogP) is 3.19. The van der Waals surface area contributed by atoms with E-state index in [-0.39, 0.29) is 0 Å². The van der Waals surface area contributed by atoms with E-state index in [2.05, 4.69) is 9.97 Å². The van der Waals surface area contributed by atoms with Crippen LogP contribution in [0.1, 0.15) is 25.7 Å². The molecule has 3 N–H and O–H groups in total. The van der Waals surface area contributed by atoms with Crippen LogP contribution in [0.4, 0.5) is 5.69 Å². The topological polar surface area (TPSA) is 63.9 Å². The molecule has 0 radical (unpaired) electrons. The van der Waals surface area contributed by atoms with E-state index in [0.29, 0.717) is 11.4 Å². The Hall–Kier alpha value is -1.20. The van der Waals surface area contributed by atoms with Crippen molar-refractivity contribution in [3.05, 3.63) is 18.2 Å². The highest BCUT2D eigenvalue weighted by Gasteiger charge is 2.23. The number of nitrogen functional groups attached to an aromatic ring is 1. The number of nitrogens with one attached hydrogen (secondary N) is 1. The first kappa shape index (κ1) is 12.8. The van der Waals surface area contributed by atoms with Crippen molar-refractivity contribution in [2.75, 3.05) is 12.8 Å². The second kappa shape index (κ2) is 5.43. The van der Waals surface area contributed by atoms with Crippen LogP contribution in [0, 0.1) is 0 Å². The van der Waals surface area contributed by atoms with E-state index in [9.17, 15) is 0 Å². The van der Waals surface area contributed by atoms with Crippen LogP contribution in [0.15, 0.2) is 23.4 Å². The third-order valence-electron chi connectivity index (χ3n) is 3.67. The minimum absolute atomic E-state index is 0.409. The molecule has 0 amide bonds. The minimum Gasteiger partial charge on any atom is -0.399 e. The molecule has 1 saturated carbocycles. The summed E-state index contributed by atoms with van der Waals surface area (Å²) < 4.78 is 5.47. The Morgan fingerprint density at radius 1 is 1.42 bits per heavy atom. The largest absolute Gasteiger partial charge is 0.399 e. The number of hydrogen-bond donors (Lipinski definition) is 2. The lowest BCUT2D eigenvalue weighted by Crippen LogP contribution is -2.23.